The Hall–Kier alpha value is -2.30. The Labute approximate surface area is 229 Å². The third kappa shape index (κ3) is 5.67. The SMILES string of the molecule is CC(C)[C@H]1c2nc(NC(=O)Cc3ccc(S(=O)(=O)C(C)C4CCC4)cc3)sc2CN1CC1CCNC(=O)C1. The minimum absolute atomic E-state index is 0.138. The number of piperidine rings is 1. The first-order valence-corrected chi connectivity index (χ1v) is 16.1. The van der Waals surface area contributed by atoms with Gasteiger partial charge in [-0.3, -0.25) is 14.5 Å². The van der Waals surface area contributed by atoms with Crippen molar-refractivity contribution in [1.29, 1.82) is 0 Å². The van der Waals surface area contributed by atoms with Crippen molar-refractivity contribution in [2.24, 2.45) is 17.8 Å². The lowest BCUT2D eigenvalue weighted by Gasteiger charge is -2.32. The Bertz CT molecular complexity index is 1280. The third-order valence-electron chi connectivity index (χ3n) is 8.39. The van der Waals surface area contributed by atoms with Gasteiger partial charge in [0.1, 0.15) is 0 Å². The van der Waals surface area contributed by atoms with E-state index in [0.717, 1.165) is 56.6 Å². The summed E-state index contributed by atoms with van der Waals surface area (Å²) in [6.07, 6.45) is 4.81. The van der Waals surface area contributed by atoms with E-state index in [9.17, 15) is 18.0 Å². The molecule has 10 heteroatoms. The van der Waals surface area contributed by atoms with Crippen LogP contribution in [0.1, 0.15) is 75.1 Å². The van der Waals surface area contributed by atoms with E-state index in [4.69, 9.17) is 4.98 Å². The Morgan fingerprint density at radius 3 is 2.55 bits per heavy atom. The second-order valence-electron chi connectivity index (χ2n) is 11.5. The molecule has 2 N–H and O–H groups in total. The second kappa shape index (κ2) is 11.1. The van der Waals surface area contributed by atoms with Crippen molar-refractivity contribution >= 4 is 38.1 Å². The van der Waals surface area contributed by atoms with Crippen LogP contribution >= 0.6 is 11.3 Å². The topological polar surface area (TPSA) is 108 Å². The molecule has 2 aliphatic heterocycles. The van der Waals surface area contributed by atoms with Gasteiger partial charge in [0.2, 0.25) is 11.8 Å². The van der Waals surface area contributed by atoms with Gasteiger partial charge >= 0.3 is 0 Å². The fourth-order valence-corrected chi connectivity index (χ4v) is 8.76. The third-order valence-corrected chi connectivity index (χ3v) is 11.7. The summed E-state index contributed by atoms with van der Waals surface area (Å²) in [4.78, 5) is 33.4. The van der Waals surface area contributed by atoms with Gasteiger partial charge in [-0.2, -0.15) is 0 Å². The summed E-state index contributed by atoms with van der Waals surface area (Å²) in [7, 11) is -3.35. The van der Waals surface area contributed by atoms with Crippen molar-refractivity contribution in [1.82, 2.24) is 15.2 Å². The molecular formula is C28H38N4O4S2. The average molecular weight is 559 g/mol. The summed E-state index contributed by atoms with van der Waals surface area (Å²) in [5.74, 6) is 0.949. The summed E-state index contributed by atoms with van der Waals surface area (Å²) < 4.78 is 25.9. The van der Waals surface area contributed by atoms with E-state index in [1.54, 1.807) is 24.3 Å². The molecule has 3 aliphatic rings. The lowest BCUT2D eigenvalue weighted by Crippen LogP contribution is -2.39. The highest BCUT2D eigenvalue weighted by molar-refractivity contribution is 7.92. The maximum atomic E-state index is 12.9. The highest BCUT2D eigenvalue weighted by atomic mass is 32.2. The zero-order chi connectivity index (χ0) is 27.0. The second-order valence-corrected chi connectivity index (χ2v) is 14.9. The normalized spacial score (nSPS) is 23.1. The van der Waals surface area contributed by atoms with Crippen LogP contribution in [0.25, 0.3) is 0 Å². The number of nitrogens with zero attached hydrogens (tertiary/aromatic N) is 2. The van der Waals surface area contributed by atoms with Crippen LogP contribution in [0.3, 0.4) is 0 Å². The van der Waals surface area contributed by atoms with Gasteiger partial charge in [-0.05, 0) is 61.6 Å². The number of anilines is 1. The number of aromatic nitrogens is 1. The molecule has 3 atom stereocenters. The molecule has 2 amide bonds. The van der Waals surface area contributed by atoms with Crippen molar-refractivity contribution in [2.45, 2.75) is 82.0 Å². The number of rotatable bonds is 9. The molecule has 5 rings (SSSR count). The quantitative estimate of drug-likeness (QED) is 0.474. The van der Waals surface area contributed by atoms with E-state index in [-0.39, 0.29) is 35.4 Å². The minimum Gasteiger partial charge on any atom is -0.356 e. The molecule has 1 saturated heterocycles. The molecule has 3 heterocycles. The van der Waals surface area contributed by atoms with E-state index >= 15 is 0 Å². The number of carbonyl (C=O) groups is 2. The van der Waals surface area contributed by atoms with Crippen LogP contribution < -0.4 is 10.6 Å². The molecule has 2 unspecified atom stereocenters. The summed E-state index contributed by atoms with van der Waals surface area (Å²) >= 11 is 1.52. The van der Waals surface area contributed by atoms with Crippen LogP contribution in [0.15, 0.2) is 29.2 Å². The Balaban J connectivity index is 1.19. The van der Waals surface area contributed by atoms with Crippen LogP contribution in [-0.2, 0) is 32.4 Å². The van der Waals surface area contributed by atoms with Gasteiger partial charge in [0.05, 0.1) is 28.3 Å². The molecule has 8 nitrogen and oxygen atoms in total. The zero-order valence-corrected chi connectivity index (χ0v) is 24.0. The smallest absolute Gasteiger partial charge is 0.230 e. The molecule has 38 heavy (non-hydrogen) atoms. The fraction of sp³-hybridized carbons (Fsp3) is 0.607. The van der Waals surface area contributed by atoms with E-state index < -0.39 is 9.84 Å². The van der Waals surface area contributed by atoms with Gasteiger partial charge in [0, 0.05) is 30.9 Å². The summed E-state index contributed by atoms with van der Waals surface area (Å²) in [6.45, 7) is 8.61. The van der Waals surface area contributed by atoms with Crippen molar-refractivity contribution in [3.8, 4) is 0 Å². The molecule has 0 spiro atoms. The van der Waals surface area contributed by atoms with Gasteiger partial charge in [-0.25, -0.2) is 13.4 Å². The maximum absolute atomic E-state index is 12.9. The van der Waals surface area contributed by atoms with Gasteiger partial charge in [0.25, 0.3) is 0 Å². The Kier molecular flexibility index (Phi) is 7.94. The van der Waals surface area contributed by atoms with E-state index in [1.807, 2.05) is 6.92 Å². The number of nitrogens with one attached hydrogen (secondary N) is 2. The highest BCUT2D eigenvalue weighted by Gasteiger charge is 2.38. The largest absolute Gasteiger partial charge is 0.356 e. The van der Waals surface area contributed by atoms with Crippen molar-refractivity contribution in [3.63, 3.8) is 0 Å². The Morgan fingerprint density at radius 1 is 1.18 bits per heavy atom. The predicted octanol–water partition coefficient (Wildman–Crippen LogP) is 4.33. The standard InChI is InChI=1S/C28H38N4O4S2/c1-17(2)27-26-23(16-32(27)15-20-11-12-29-24(33)14-20)37-28(31-26)30-25(34)13-19-7-9-22(10-8-19)38(35,36)18(3)21-5-4-6-21/h7-10,17-18,20-21,27H,4-6,11-16H2,1-3H3,(H,29,33)(H,30,31,34)/t18?,20?,27-/m0/s1. The molecule has 1 aromatic heterocycles. The molecule has 1 aliphatic carbocycles. The molecular weight excluding hydrogens is 520 g/mol. The van der Waals surface area contributed by atoms with Crippen LogP contribution in [-0.4, -0.2) is 48.5 Å². The predicted molar refractivity (Wildman–Crippen MR) is 149 cm³/mol. The highest BCUT2D eigenvalue weighted by Crippen LogP contribution is 2.43. The lowest BCUT2D eigenvalue weighted by atomic mass is 9.83. The zero-order valence-electron chi connectivity index (χ0n) is 22.4. The van der Waals surface area contributed by atoms with Gasteiger partial charge in [0.15, 0.2) is 15.0 Å². The van der Waals surface area contributed by atoms with Crippen molar-refractivity contribution < 1.29 is 18.0 Å². The number of fused-ring (bicyclic) bond motifs is 1. The molecule has 2 fully saturated rings. The van der Waals surface area contributed by atoms with Gasteiger partial charge < -0.3 is 10.6 Å². The number of carbonyl (C=O) groups excluding carboxylic acids is 2. The molecule has 2 aromatic rings. The number of hydrogen-bond acceptors (Lipinski definition) is 7. The number of hydrogen-bond donors (Lipinski definition) is 2. The average Bonchev–Trinajstić information content (AvgIpc) is 3.34. The monoisotopic (exact) mass is 558 g/mol. The van der Waals surface area contributed by atoms with Crippen molar-refractivity contribution in [2.75, 3.05) is 18.4 Å². The fourth-order valence-electron chi connectivity index (χ4n) is 6.00. The minimum atomic E-state index is -3.35. The number of sulfone groups is 1. The van der Waals surface area contributed by atoms with Crippen molar-refractivity contribution in [3.05, 3.63) is 40.4 Å². The lowest BCUT2D eigenvalue weighted by molar-refractivity contribution is -0.123. The molecule has 1 saturated carbocycles. The molecule has 206 valence electrons. The maximum Gasteiger partial charge on any atom is 0.230 e. The molecule has 0 radical (unpaired) electrons. The van der Waals surface area contributed by atoms with E-state index in [1.165, 1.54) is 16.2 Å². The first kappa shape index (κ1) is 27.3. The van der Waals surface area contributed by atoms with E-state index in [0.29, 0.717) is 28.3 Å². The molecule has 0 bridgehead atoms. The van der Waals surface area contributed by atoms with Crippen LogP contribution in [0.2, 0.25) is 0 Å². The number of benzene rings is 1. The van der Waals surface area contributed by atoms with Crippen LogP contribution in [0, 0.1) is 17.8 Å². The Morgan fingerprint density at radius 2 is 1.92 bits per heavy atom. The summed E-state index contributed by atoms with van der Waals surface area (Å²) in [5.41, 5.74) is 1.81. The van der Waals surface area contributed by atoms with Gasteiger partial charge in [-0.1, -0.05) is 32.4 Å². The van der Waals surface area contributed by atoms with Crippen LogP contribution in [0.5, 0.6) is 0 Å². The molecule has 1 aromatic carbocycles. The summed E-state index contributed by atoms with van der Waals surface area (Å²) in [6, 6.07) is 6.90. The first-order valence-electron chi connectivity index (χ1n) is 13.7. The number of amides is 2. The van der Waals surface area contributed by atoms with Crippen LogP contribution in [0.4, 0.5) is 5.13 Å². The number of thiazole rings is 1. The van der Waals surface area contributed by atoms with E-state index in [2.05, 4.69) is 29.4 Å². The summed E-state index contributed by atoms with van der Waals surface area (Å²) in [5, 5.41) is 6.10. The first-order chi connectivity index (χ1) is 18.1. The van der Waals surface area contributed by atoms with Gasteiger partial charge in [-0.15, -0.1) is 11.3 Å².